The number of fused-ring (bicyclic) bond motifs is 1. The minimum atomic E-state index is 0.717. The second-order valence-electron chi connectivity index (χ2n) is 6.79. The lowest BCUT2D eigenvalue weighted by Gasteiger charge is -2.30. The van der Waals surface area contributed by atoms with E-state index < -0.39 is 0 Å². The van der Waals surface area contributed by atoms with Crippen LogP contribution in [0.5, 0.6) is 0 Å². The minimum Gasteiger partial charge on any atom is -0.354 e. The van der Waals surface area contributed by atoms with Crippen LogP contribution in [0.3, 0.4) is 0 Å². The van der Waals surface area contributed by atoms with E-state index in [1.54, 1.807) is 0 Å². The minimum absolute atomic E-state index is 0.717. The van der Waals surface area contributed by atoms with Crippen molar-refractivity contribution in [1.29, 1.82) is 0 Å². The maximum Gasteiger partial charge on any atom is 0.224 e. The molecule has 4 heteroatoms. The predicted molar refractivity (Wildman–Crippen MR) is 107 cm³/mol. The summed E-state index contributed by atoms with van der Waals surface area (Å²) < 4.78 is 0. The van der Waals surface area contributed by atoms with Gasteiger partial charge in [-0.25, -0.2) is 4.98 Å². The van der Waals surface area contributed by atoms with E-state index in [2.05, 4.69) is 69.8 Å². The van der Waals surface area contributed by atoms with Crippen molar-refractivity contribution in [2.45, 2.75) is 26.3 Å². The average Bonchev–Trinajstić information content (AvgIpc) is 2.68. The Morgan fingerprint density at radius 2 is 1.73 bits per heavy atom. The summed E-state index contributed by atoms with van der Waals surface area (Å²) in [6, 6.07) is 21.3. The first-order chi connectivity index (χ1) is 12.8. The van der Waals surface area contributed by atoms with E-state index in [0.717, 1.165) is 49.9 Å². The molecular formula is C22H24N4. The lowest BCUT2D eigenvalue weighted by atomic mass is 10.00. The van der Waals surface area contributed by atoms with Crippen molar-refractivity contribution in [3.63, 3.8) is 0 Å². The molecule has 1 aliphatic heterocycles. The molecule has 4 rings (SSSR count). The largest absolute Gasteiger partial charge is 0.354 e. The quantitative estimate of drug-likeness (QED) is 0.759. The van der Waals surface area contributed by atoms with Gasteiger partial charge in [-0.2, -0.15) is 4.98 Å². The summed E-state index contributed by atoms with van der Waals surface area (Å²) in [5.74, 6) is 1.73. The second kappa shape index (κ2) is 7.56. The van der Waals surface area contributed by atoms with Crippen molar-refractivity contribution in [3.8, 4) is 0 Å². The Hall–Kier alpha value is -2.88. The van der Waals surface area contributed by atoms with Crippen molar-refractivity contribution in [2.24, 2.45) is 0 Å². The molecule has 0 saturated carbocycles. The smallest absolute Gasteiger partial charge is 0.224 e. The van der Waals surface area contributed by atoms with Crippen LogP contribution in [0, 0.1) is 6.92 Å². The van der Waals surface area contributed by atoms with Crippen LogP contribution in [0.15, 0.2) is 60.7 Å². The van der Waals surface area contributed by atoms with Crippen LogP contribution in [0.2, 0.25) is 0 Å². The van der Waals surface area contributed by atoms with Crippen molar-refractivity contribution in [3.05, 3.63) is 83.0 Å². The number of aromatic nitrogens is 2. The highest BCUT2D eigenvalue weighted by Gasteiger charge is 2.18. The second-order valence-corrected chi connectivity index (χ2v) is 6.79. The van der Waals surface area contributed by atoms with Gasteiger partial charge in [0.25, 0.3) is 0 Å². The first-order valence-electron chi connectivity index (χ1n) is 9.23. The molecule has 1 aromatic heterocycles. The molecule has 0 aliphatic carbocycles. The van der Waals surface area contributed by atoms with E-state index in [1.165, 1.54) is 16.7 Å². The monoisotopic (exact) mass is 344 g/mol. The number of hydrogen-bond donors (Lipinski definition) is 1. The van der Waals surface area contributed by atoms with E-state index in [0.29, 0.717) is 0 Å². The molecular weight excluding hydrogens is 320 g/mol. The topological polar surface area (TPSA) is 41.1 Å². The third-order valence-electron chi connectivity index (χ3n) is 4.83. The summed E-state index contributed by atoms with van der Waals surface area (Å²) in [6.07, 6.45) is 2.03. The standard InChI is InChI=1S/C22H24N4/c1-17-15-21(26-14-12-19-9-5-6-10-20(19)16-26)25-22(24-17)23-13-11-18-7-3-2-4-8-18/h2-10,15H,11-14,16H2,1H3,(H,23,24,25). The van der Waals surface area contributed by atoms with E-state index in [4.69, 9.17) is 4.98 Å². The van der Waals surface area contributed by atoms with Crippen LogP contribution in [0.25, 0.3) is 0 Å². The highest BCUT2D eigenvalue weighted by atomic mass is 15.2. The Bertz CT molecular complexity index is 876. The number of nitrogens with zero attached hydrogens (tertiary/aromatic N) is 3. The molecule has 1 aliphatic rings. The molecule has 0 bridgehead atoms. The third kappa shape index (κ3) is 3.85. The fourth-order valence-corrected chi connectivity index (χ4v) is 3.45. The van der Waals surface area contributed by atoms with Gasteiger partial charge in [0.1, 0.15) is 5.82 Å². The SMILES string of the molecule is Cc1cc(N2CCc3ccccc3C2)nc(NCCc2ccccc2)n1. The number of hydrogen-bond acceptors (Lipinski definition) is 4. The summed E-state index contributed by atoms with van der Waals surface area (Å²) >= 11 is 0. The van der Waals surface area contributed by atoms with Crippen LogP contribution < -0.4 is 10.2 Å². The lowest BCUT2D eigenvalue weighted by molar-refractivity contribution is 0.718. The maximum atomic E-state index is 4.77. The van der Waals surface area contributed by atoms with Crippen LogP contribution in [-0.2, 0) is 19.4 Å². The summed E-state index contributed by atoms with van der Waals surface area (Å²) in [7, 11) is 0. The van der Waals surface area contributed by atoms with E-state index in [1.807, 2.05) is 13.0 Å². The van der Waals surface area contributed by atoms with Gasteiger partial charge in [0, 0.05) is 31.4 Å². The molecule has 3 aromatic rings. The van der Waals surface area contributed by atoms with Gasteiger partial charge in [-0.05, 0) is 36.5 Å². The molecule has 0 fully saturated rings. The highest BCUT2D eigenvalue weighted by molar-refractivity contribution is 5.48. The first kappa shape index (κ1) is 16.6. The Balaban J connectivity index is 1.45. The molecule has 0 spiro atoms. The van der Waals surface area contributed by atoms with Crippen molar-refractivity contribution in [1.82, 2.24) is 9.97 Å². The lowest BCUT2D eigenvalue weighted by Crippen LogP contribution is -2.31. The summed E-state index contributed by atoms with van der Waals surface area (Å²) in [6.45, 7) is 4.77. The van der Waals surface area contributed by atoms with E-state index in [9.17, 15) is 0 Å². The van der Waals surface area contributed by atoms with Gasteiger partial charge in [0.2, 0.25) is 5.95 Å². The number of aryl methyl sites for hydroxylation is 1. The van der Waals surface area contributed by atoms with Gasteiger partial charge in [-0.3, -0.25) is 0 Å². The van der Waals surface area contributed by atoms with Gasteiger partial charge in [-0.15, -0.1) is 0 Å². The number of nitrogens with one attached hydrogen (secondary N) is 1. The molecule has 2 aromatic carbocycles. The summed E-state index contributed by atoms with van der Waals surface area (Å²) in [5.41, 5.74) is 5.17. The van der Waals surface area contributed by atoms with Gasteiger partial charge in [0.05, 0.1) is 0 Å². The van der Waals surface area contributed by atoms with Crippen molar-refractivity contribution < 1.29 is 0 Å². The van der Waals surface area contributed by atoms with Crippen LogP contribution in [-0.4, -0.2) is 23.1 Å². The maximum absolute atomic E-state index is 4.77. The Kier molecular flexibility index (Phi) is 4.82. The Morgan fingerprint density at radius 1 is 0.962 bits per heavy atom. The fraction of sp³-hybridized carbons (Fsp3) is 0.273. The first-order valence-corrected chi connectivity index (χ1v) is 9.23. The normalized spacial score (nSPS) is 13.3. The van der Waals surface area contributed by atoms with Crippen LogP contribution >= 0.6 is 0 Å². The summed E-state index contributed by atoms with van der Waals surface area (Å²) in [4.78, 5) is 11.7. The molecule has 2 heterocycles. The zero-order valence-corrected chi connectivity index (χ0v) is 15.2. The van der Waals surface area contributed by atoms with E-state index in [-0.39, 0.29) is 0 Å². The van der Waals surface area contributed by atoms with Crippen molar-refractivity contribution in [2.75, 3.05) is 23.3 Å². The Labute approximate surface area is 154 Å². The molecule has 0 atom stereocenters. The molecule has 132 valence electrons. The molecule has 26 heavy (non-hydrogen) atoms. The van der Waals surface area contributed by atoms with Crippen molar-refractivity contribution >= 4 is 11.8 Å². The zero-order valence-electron chi connectivity index (χ0n) is 15.2. The number of rotatable bonds is 5. The molecule has 0 saturated heterocycles. The molecule has 1 N–H and O–H groups in total. The predicted octanol–water partition coefficient (Wildman–Crippen LogP) is 4.00. The molecule has 0 amide bonds. The summed E-state index contributed by atoms with van der Waals surface area (Å²) in [5, 5.41) is 3.38. The Morgan fingerprint density at radius 3 is 2.58 bits per heavy atom. The molecule has 0 unspecified atom stereocenters. The molecule has 4 nitrogen and oxygen atoms in total. The van der Waals surface area contributed by atoms with Gasteiger partial charge < -0.3 is 10.2 Å². The van der Waals surface area contributed by atoms with E-state index >= 15 is 0 Å². The van der Waals surface area contributed by atoms with Gasteiger partial charge in [-0.1, -0.05) is 54.6 Å². The van der Waals surface area contributed by atoms with Crippen LogP contribution in [0.4, 0.5) is 11.8 Å². The molecule has 0 radical (unpaired) electrons. The fourth-order valence-electron chi connectivity index (χ4n) is 3.45. The third-order valence-corrected chi connectivity index (χ3v) is 4.83. The zero-order chi connectivity index (χ0) is 17.8. The number of anilines is 2. The average molecular weight is 344 g/mol. The van der Waals surface area contributed by atoms with Gasteiger partial charge in [0.15, 0.2) is 0 Å². The number of benzene rings is 2. The highest BCUT2D eigenvalue weighted by Crippen LogP contribution is 2.24. The van der Waals surface area contributed by atoms with Gasteiger partial charge >= 0.3 is 0 Å². The van der Waals surface area contributed by atoms with Crippen LogP contribution in [0.1, 0.15) is 22.4 Å².